The predicted octanol–water partition coefficient (Wildman–Crippen LogP) is 2.99. The molecule has 0 radical (unpaired) electrons. The Bertz CT molecular complexity index is 996. The summed E-state index contributed by atoms with van der Waals surface area (Å²) in [5.74, 6) is -0.0351. The van der Waals surface area contributed by atoms with E-state index in [0.717, 1.165) is 11.3 Å². The van der Waals surface area contributed by atoms with Crippen molar-refractivity contribution in [1.82, 2.24) is 9.88 Å². The smallest absolute Gasteiger partial charge is 0.261 e. The van der Waals surface area contributed by atoms with Gasteiger partial charge in [0, 0.05) is 13.6 Å². The molecule has 3 rings (SSSR count). The zero-order valence-electron chi connectivity index (χ0n) is 14.6. The Kier molecular flexibility index (Phi) is 5.02. The molecule has 0 fully saturated rings. The number of H-pyrrole nitrogens is 1. The largest absolute Gasteiger partial charge is 0.497 e. The lowest BCUT2D eigenvalue weighted by Crippen LogP contribution is -2.33. The maximum atomic E-state index is 13.3. The molecule has 1 heterocycles. The number of fused-ring (bicyclic) bond motifs is 1. The van der Waals surface area contributed by atoms with Crippen molar-refractivity contribution in [3.63, 3.8) is 0 Å². The van der Waals surface area contributed by atoms with E-state index in [0.29, 0.717) is 23.9 Å². The molecule has 0 unspecified atom stereocenters. The zero-order valence-corrected chi connectivity index (χ0v) is 14.6. The number of aromatic nitrogens is 1. The predicted molar refractivity (Wildman–Crippen MR) is 98.2 cm³/mol. The van der Waals surface area contributed by atoms with Gasteiger partial charge in [0.1, 0.15) is 17.1 Å². The molecular weight excluding hydrogens is 335 g/mol. The quantitative estimate of drug-likeness (QED) is 0.766. The second kappa shape index (κ2) is 7.39. The van der Waals surface area contributed by atoms with Gasteiger partial charge in [-0.1, -0.05) is 12.1 Å². The average Bonchev–Trinajstić information content (AvgIpc) is 2.65. The Hall–Kier alpha value is -3.15. The Balaban J connectivity index is 1.75. The average molecular weight is 354 g/mol. The Morgan fingerprint density at radius 1 is 1.15 bits per heavy atom. The van der Waals surface area contributed by atoms with Gasteiger partial charge in [0.2, 0.25) is 0 Å². The minimum atomic E-state index is -0.524. The number of carbonyl (C=O) groups is 1. The van der Waals surface area contributed by atoms with E-state index < -0.39 is 11.4 Å². The van der Waals surface area contributed by atoms with Gasteiger partial charge in [0.15, 0.2) is 0 Å². The highest BCUT2D eigenvalue weighted by Gasteiger charge is 2.16. The van der Waals surface area contributed by atoms with Crippen LogP contribution in [0.2, 0.25) is 0 Å². The first-order valence-electron chi connectivity index (χ1n) is 8.19. The van der Waals surface area contributed by atoms with Crippen LogP contribution in [0.15, 0.2) is 53.3 Å². The van der Waals surface area contributed by atoms with Crippen molar-refractivity contribution < 1.29 is 13.9 Å². The van der Waals surface area contributed by atoms with Crippen molar-refractivity contribution in [3.05, 3.63) is 75.8 Å². The third-order valence-electron chi connectivity index (χ3n) is 4.28. The van der Waals surface area contributed by atoms with Crippen molar-refractivity contribution in [2.24, 2.45) is 0 Å². The van der Waals surface area contributed by atoms with Gasteiger partial charge in [-0.05, 0) is 53.8 Å². The summed E-state index contributed by atoms with van der Waals surface area (Å²) in [7, 11) is 3.26. The van der Waals surface area contributed by atoms with E-state index in [1.54, 1.807) is 14.2 Å². The lowest BCUT2D eigenvalue weighted by molar-refractivity contribution is 0.0795. The minimum absolute atomic E-state index is 0.0429. The number of amides is 1. The van der Waals surface area contributed by atoms with E-state index in [-0.39, 0.29) is 11.5 Å². The summed E-state index contributed by atoms with van der Waals surface area (Å²) in [6.07, 6.45) is 0.656. The molecular formula is C20H19FN2O3. The first-order chi connectivity index (χ1) is 12.5. The number of likely N-dealkylation sites (N-methyl/N-ethyl adjacent to an activating group) is 1. The first-order valence-corrected chi connectivity index (χ1v) is 8.19. The van der Waals surface area contributed by atoms with E-state index in [1.165, 1.54) is 29.2 Å². The van der Waals surface area contributed by atoms with Gasteiger partial charge in [-0.15, -0.1) is 0 Å². The molecule has 0 saturated carbocycles. The van der Waals surface area contributed by atoms with E-state index >= 15 is 0 Å². The third-order valence-corrected chi connectivity index (χ3v) is 4.28. The number of carbonyl (C=O) groups excluding carboxylic acids is 1. The molecule has 6 heteroatoms. The molecule has 1 N–H and O–H groups in total. The van der Waals surface area contributed by atoms with Crippen LogP contribution in [0.1, 0.15) is 15.9 Å². The first kappa shape index (κ1) is 17.7. The molecule has 1 aromatic heterocycles. The van der Waals surface area contributed by atoms with Crippen LogP contribution < -0.4 is 10.3 Å². The van der Waals surface area contributed by atoms with Gasteiger partial charge < -0.3 is 14.6 Å². The third kappa shape index (κ3) is 3.74. The number of halogens is 1. The van der Waals surface area contributed by atoms with Gasteiger partial charge in [-0.25, -0.2) is 4.39 Å². The zero-order chi connectivity index (χ0) is 18.7. The molecule has 5 nitrogen and oxygen atoms in total. The van der Waals surface area contributed by atoms with Gasteiger partial charge >= 0.3 is 0 Å². The number of hydrogen-bond donors (Lipinski definition) is 1. The Morgan fingerprint density at radius 2 is 1.88 bits per heavy atom. The summed E-state index contributed by atoms with van der Waals surface area (Å²) in [5.41, 5.74) is 0.950. The molecule has 2 aromatic carbocycles. The molecule has 0 bridgehead atoms. The second-order valence-electron chi connectivity index (χ2n) is 6.07. The van der Waals surface area contributed by atoms with Gasteiger partial charge in [-0.2, -0.15) is 0 Å². The summed E-state index contributed by atoms with van der Waals surface area (Å²) in [4.78, 5) is 28.9. The van der Waals surface area contributed by atoms with E-state index in [4.69, 9.17) is 4.74 Å². The number of aromatic amines is 1. The topological polar surface area (TPSA) is 62.4 Å². The highest BCUT2D eigenvalue weighted by molar-refractivity contribution is 5.97. The number of pyridine rings is 1. The van der Waals surface area contributed by atoms with Crippen molar-refractivity contribution >= 4 is 16.8 Å². The van der Waals surface area contributed by atoms with E-state index in [1.807, 2.05) is 24.3 Å². The summed E-state index contributed by atoms with van der Waals surface area (Å²) in [5, 5.41) is 0.609. The number of benzene rings is 2. The molecule has 3 aromatic rings. The maximum Gasteiger partial charge on any atom is 0.261 e. The highest BCUT2D eigenvalue weighted by atomic mass is 19.1. The van der Waals surface area contributed by atoms with Crippen molar-refractivity contribution in [2.45, 2.75) is 6.42 Å². The molecule has 0 aliphatic rings. The molecule has 0 atom stereocenters. The number of nitrogens with one attached hydrogen (secondary N) is 1. The lowest BCUT2D eigenvalue weighted by atomic mass is 10.1. The van der Waals surface area contributed by atoms with Crippen LogP contribution in [0.3, 0.4) is 0 Å². The van der Waals surface area contributed by atoms with Gasteiger partial charge in [0.05, 0.1) is 12.6 Å². The van der Waals surface area contributed by atoms with E-state index in [9.17, 15) is 14.0 Å². The van der Waals surface area contributed by atoms with Crippen LogP contribution in [0.5, 0.6) is 5.75 Å². The normalized spacial score (nSPS) is 10.7. The summed E-state index contributed by atoms with van der Waals surface area (Å²) < 4.78 is 18.4. The minimum Gasteiger partial charge on any atom is -0.497 e. The number of methoxy groups -OCH3 is 1. The van der Waals surface area contributed by atoms with E-state index in [2.05, 4.69) is 4.98 Å². The van der Waals surface area contributed by atoms with Crippen molar-refractivity contribution in [1.29, 1.82) is 0 Å². The van der Waals surface area contributed by atoms with Crippen LogP contribution in [-0.2, 0) is 6.42 Å². The van der Waals surface area contributed by atoms with Crippen LogP contribution in [0, 0.1) is 5.82 Å². The molecule has 134 valence electrons. The highest BCUT2D eigenvalue weighted by Crippen LogP contribution is 2.14. The Morgan fingerprint density at radius 3 is 2.58 bits per heavy atom. The SMILES string of the molecule is COc1ccc(CCN(C)C(=O)c2cc3ccc(F)cc3[nH]c2=O)cc1. The molecule has 1 amide bonds. The number of hydrogen-bond acceptors (Lipinski definition) is 3. The molecule has 0 saturated heterocycles. The molecule has 0 aliphatic heterocycles. The monoisotopic (exact) mass is 354 g/mol. The van der Waals surface area contributed by atoms with Crippen LogP contribution in [0.25, 0.3) is 10.9 Å². The lowest BCUT2D eigenvalue weighted by Gasteiger charge is -2.17. The fraction of sp³-hybridized carbons (Fsp3) is 0.200. The van der Waals surface area contributed by atoms with Crippen molar-refractivity contribution in [3.8, 4) is 5.75 Å². The number of nitrogens with zero attached hydrogens (tertiary/aromatic N) is 1. The van der Waals surface area contributed by atoms with Gasteiger partial charge in [-0.3, -0.25) is 9.59 Å². The Labute approximate surface area is 150 Å². The second-order valence-corrected chi connectivity index (χ2v) is 6.07. The van der Waals surface area contributed by atoms with Crippen LogP contribution in [0.4, 0.5) is 4.39 Å². The molecule has 26 heavy (non-hydrogen) atoms. The number of rotatable bonds is 5. The molecule has 0 aliphatic carbocycles. The summed E-state index contributed by atoms with van der Waals surface area (Å²) in [6.45, 7) is 0.464. The molecule has 0 spiro atoms. The van der Waals surface area contributed by atoms with Crippen LogP contribution >= 0.6 is 0 Å². The summed E-state index contributed by atoms with van der Waals surface area (Å²) in [6, 6.07) is 13.2. The number of ether oxygens (including phenoxy) is 1. The fourth-order valence-electron chi connectivity index (χ4n) is 2.73. The summed E-state index contributed by atoms with van der Waals surface area (Å²) >= 11 is 0. The maximum absolute atomic E-state index is 13.3. The van der Waals surface area contributed by atoms with Crippen molar-refractivity contribution in [2.75, 3.05) is 20.7 Å². The van der Waals surface area contributed by atoms with Crippen LogP contribution in [-0.4, -0.2) is 36.5 Å². The fourth-order valence-corrected chi connectivity index (χ4v) is 2.73. The van der Waals surface area contributed by atoms with Gasteiger partial charge in [0.25, 0.3) is 11.5 Å². The standard InChI is InChI=1S/C20H19FN2O3/c1-23(10-9-13-3-7-16(26-2)8-4-13)20(25)17-11-14-5-6-15(21)12-18(14)22-19(17)24/h3-8,11-12H,9-10H2,1-2H3,(H,22,24).